The Balaban J connectivity index is 1.56. The molecule has 0 spiro atoms. The molecule has 0 saturated heterocycles. The first-order valence-corrected chi connectivity index (χ1v) is 9.76. The fourth-order valence-electron chi connectivity index (χ4n) is 2.96. The Bertz CT molecular complexity index is 999. The summed E-state index contributed by atoms with van der Waals surface area (Å²) in [5.41, 5.74) is 3.64. The van der Waals surface area contributed by atoms with Crippen LogP contribution in [-0.2, 0) is 5.75 Å². The van der Waals surface area contributed by atoms with Crippen LogP contribution in [-0.4, -0.2) is 21.6 Å². The van der Waals surface area contributed by atoms with Crippen molar-refractivity contribution >= 4 is 23.1 Å². The molecule has 4 aromatic rings. The number of thioether (sulfide) groups is 1. The lowest BCUT2D eigenvalue weighted by atomic mass is 10.1. The molecule has 0 fully saturated rings. The molecule has 2 aromatic carbocycles. The minimum Gasteiger partial charge on any atom is -0.344 e. The van der Waals surface area contributed by atoms with Crippen molar-refractivity contribution in [1.82, 2.24) is 14.5 Å². The molecule has 27 heavy (non-hydrogen) atoms. The van der Waals surface area contributed by atoms with Crippen LogP contribution in [0.5, 0.6) is 0 Å². The van der Waals surface area contributed by atoms with Crippen molar-refractivity contribution in [3.63, 3.8) is 0 Å². The predicted octanol–water partition coefficient (Wildman–Crippen LogP) is 5.33. The number of rotatable bonds is 6. The maximum absolute atomic E-state index is 4.51. The van der Waals surface area contributed by atoms with Crippen molar-refractivity contribution in [2.75, 3.05) is 11.9 Å². The van der Waals surface area contributed by atoms with E-state index < -0.39 is 0 Å². The third kappa shape index (κ3) is 3.88. The van der Waals surface area contributed by atoms with E-state index in [-0.39, 0.29) is 0 Å². The lowest BCUT2D eigenvalue weighted by Gasteiger charge is -2.22. The molecule has 4 rings (SSSR count). The molecule has 0 saturated carbocycles. The third-order valence-electron chi connectivity index (χ3n) is 4.36. The standard InChI is InChI=1S/C22H20N4S/c1-25(19-10-3-2-4-11-19)20-12-6-5-9-18(20)17-27-22-24-15-16-26(22)21-13-7-8-14-23-21/h2-16H,17H2,1H3. The minimum atomic E-state index is 0.831. The summed E-state index contributed by atoms with van der Waals surface area (Å²) in [5.74, 6) is 1.71. The number of para-hydroxylation sites is 2. The Morgan fingerprint density at radius 1 is 0.852 bits per heavy atom. The minimum absolute atomic E-state index is 0.831. The van der Waals surface area contributed by atoms with E-state index in [1.165, 1.54) is 16.9 Å². The highest BCUT2D eigenvalue weighted by Crippen LogP contribution is 2.31. The Labute approximate surface area is 163 Å². The van der Waals surface area contributed by atoms with Crippen LogP contribution in [0.15, 0.2) is 96.5 Å². The van der Waals surface area contributed by atoms with Crippen molar-refractivity contribution in [2.45, 2.75) is 10.9 Å². The summed E-state index contributed by atoms with van der Waals surface area (Å²) in [4.78, 5) is 11.2. The first-order valence-electron chi connectivity index (χ1n) is 8.77. The van der Waals surface area contributed by atoms with Crippen LogP contribution in [0, 0.1) is 0 Å². The van der Waals surface area contributed by atoms with Crippen LogP contribution in [0.2, 0.25) is 0 Å². The highest BCUT2D eigenvalue weighted by atomic mass is 32.2. The van der Waals surface area contributed by atoms with Gasteiger partial charge in [-0.15, -0.1) is 0 Å². The van der Waals surface area contributed by atoms with Gasteiger partial charge in [0.2, 0.25) is 0 Å². The van der Waals surface area contributed by atoms with Gasteiger partial charge >= 0.3 is 0 Å². The van der Waals surface area contributed by atoms with Gasteiger partial charge in [0.15, 0.2) is 5.16 Å². The van der Waals surface area contributed by atoms with E-state index in [4.69, 9.17) is 0 Å². The molecule has 2 aromatic heterocycles. The lowest BCUT2D eigenvalue weighted by molar-refractivity contribution is 0.863. The Hall–Kier alpha value is -3.05. The van der Waals surface area contributed by atoms with Crippen LogP contribution >= 0.6 is 11.8 Å². The molecule has 4 nitrogen and oxygen atoms in total. The molecule has 0 amide bonds. The zero-order valence-corrected chi connectivity index (χ0v) is 15.9. The molecule has 0 aliphatic rings. The fraction of sp³-hybridized carbons (Fsp3) is 0.0909. The number of nitrogens with zero attached hydrogens (tertiary/aromatic N) is 4. The van der Waals surface area contributed by atoms with Crippen LogP contribution < -0.4 is 4.90 Å². The fourth-order valence-corrected chi connectivity index (χ4v) is 3.92. The lowest BCUT2D eigenvalue weighted by Crippen LogP contribution is -2.11. The molecule has 0 aliphatic heterocycles. The molecule has 134 valence electrons. The number of pyridine rings is 1. The van der Waals surface area contributed by atoms with E-state index in [1.54, 1.807) is 18.0 Å². The molecule has 0 unspecified atom stereocenters. The summed E-state index contributed by atoms with van der Waals surface area (Å²) < 4.78 is 2.02. The van der Waals surface area contributed by atoms with E-state index in [0.29, 0.717) is 0 Å². The largest absolute Gasteiger partial charge is 0.344 e. The third-order valence-corrected chi connectivity index (χ3v) is 5.37. The van der Waals surface area contributed by atoms with Gasteiger partial charge in [0.25, 0.3) is 0 Å². The highest BCUT2D eigenvalue weighted by Gasteiger charge is 2.11. The second kappa shape index (κ2) is 8.10. The normalized spacial score (nSPS) is 10.7. The van der Waals surface area contributed by atoms with Gasteiger partial charge in [-0.25, -0.2) is 9.97 Å². The number of imidazole rings is 1. The number of anilines is 2. The summed E-state index contributed by atoms with van der Waals surface area (Å²) in [7, 11) is 2.10. The van der Waals surface area contributed by atoms with Crippen molar-refractivity contribution in [1.29, 1.82) is 0 Å². The second-order valence-corrected chi connectivity index (χ2v) is 7.02. The van der Waals surface area contributed by atoms with E-state index >= 15 is 0 Å². The summed E-state index contributed by atoms with van der Waals surface area (Å²) in [6.07, 6.45) is 5.57. The van der Waals surface area contributed by atoms with Gasteiger partial charge in [-0.2, -0.15) is 0 Å². The molecule has 5 heteroatoms. The van der Waals surface area contributed by atoms with E-state index in [0.717, 1.165) is 16.7 Å². The summed E-state index contributed by atoms with van der Waals surface area (Å²) >= 11 is 1.71. The maximum Gasteiger partial charge on any atom is 0.174 e. The van der Waals surface area contributed by atoms with Gasteiger partial charge in [-0.1, -0.05) is 54.2 Å². The smallest absolute Gasteiger partial charge is 0.174 e. The van der Waals surface area contributed by atoms with E-state index in [9.17, 15) is 0 Å². The molecular weight excluding hydrogens is 352 g/mol. The van der Waals surface area contributed by atoms with Gasteiger partial charge in [0.1, 0.15) is 5.82 Å². The zero-order valence-electron chi connectivity index (χ0n) is 15.1. The van der Waals surface area contributed by atoms with Crippen molar-refractivity contribution < 1.29 is 0 Å². The van der Waals surface area contributed by atoms with E-state index in [1.807, 2.05) is 41.2 Å². The average Bonchev–Trinajstić information content (AvgIpc) is 3.22. The Morgan fingerprint density at radius 3 is 2.44 bits per heavy atom. The highest BCUT2D eigenvalue weighted by molar-refractivity contribution is 7.98. The maximum atomic E-state index is 4.51. The van der Waals surface area contributed by atoms with Crippen molar-refractivity contribution in [3.05, 3.63) is 97.0 Å². The van der Waals surface area contributed by atoms with Crippen LogP contribution in [0.25, 0.3) is 5.82 Å². The second-order valence-electron chi connectivity index (χ2n) is 6.08. The predicted molar refractivity (Wildman–Crippen MR) is 112 cm³/mol. The molecule has 0 atom stereocenters. The number of aromatic nitrogens is 3. The van der Waals surface area contributed by atoms with Crippen LogP contribution in [0.3, 0.4) is 0 Å². The first-order chi connectivity index (χ1) is 13.3. The molecule has 0 aliphatic carbocycles. The van der Waals surface area contributed by atoms with Gasteiger partial charge in [-0.05, 0) is 35.9 Å². The Kier molecular flexibility index (Phi) is 5.21. The van der Waals surface area contributed by atoms with Crippen LogP contribution in [0.4, 0.5) is 11.4 Å². The molecule has 0 radical (unpaired) electrons. The summed E-state index contributed by atoms with van der Waals surface area (Å²) in [5, 5.41) is 0.936. The average molecular weight is 372 g/mol. The SMILES string of the molecule is CN(c1ccccc1)c1ccccc1CSc1nccn1-c1ccccn1. The quantitative estimate of drug-likeness (QED) is 0.429. The summed E-state index contributed by atoms with van der Waals surface area (Å²) in [6, 6.07) is 24.8. The molecule has 0 N–H and O–H groups in total. The zero-order chi connectivity index (χ0) is 18.5. The first kappa shape index (κ1) is 17.4. The van der Waals surface area contributed by atoms with Gasteiger partial charge in [0.05, 0.1) is 0 Å². The Morgan fingerprint density at radius 2 is 1.63 bits per heavy atom. The monoisotopic (exact) mass is 372 g/mol. The molecule has 0 bridgehead atoms. The number of benzene rings is 2. The van der Waals surface area contributed by atoms with Gasteiger partial charge < -0.3 is 4.90 Å². The topological polar surface area (TPSA) is 34.0 Å². The van der Waals surface area contributed by atoms with Gasteiger partial charge in [-0.3, -0.25) is 4.57 Å². The van der Waals surface area contributed by atoms with E-state index in [2.05, 4.69) is 70.4 Å². The number of hydrogen-bond donors (Lipinski definition) is 0. The molecular formula is C22H20N4S. The van der Waals surface area contributed by atoms with Crippen molar-refractivity contribution in [2.24, 2.45) is 0 Å². The summed E-state index contributed by atoms with van der Waals surface area (Å²) in [6.45, 7) is 0. The van der Waals surface area contributed by atoms with Crippen LogP contribution in [0.1, 0.15) is 5.56 Å². The molecule has 2 heterocycles. The van der Waals surface area contributed by atoms with Crippen molar-refractivity contribution in [3.8, 4) is 5.82 Å². The van der Waals surface area contributed by atoms with Gasteiger partial charge in [0, 0.05) is 42.8 Å². The number of hydrogen-bond acceptors (Lipinski definition) is 4.